The molecule has 0 aliphatic carbocycles. The van der Waals surface area contributed by atoms with Gasteiger partial charge < -0.3 is 20.6 Å². The number of hydrogen-bond acceptors (Lipinski definition) is 4. The normalized spacial score (nSPS) is 20.4. The first-order chi connectivity index (χ1) is 8.08. The standard InChI is InChI=1S/C11H16N4O2/c1-8-7-14(11(16)17)4-5-15(8)10-3-2-9(12)6-13-10/h2-3,6,8H,4-5,7,12H2,1H3,(H,16,17). The highest BCUT2D eigenvalue weighted by Gasteiger charge is 2.26. The van der Waals surface area contributed by atoms with Crippen LogP contribution in [0.3, 0.4) is 0 Å². The average Bonchev–Trinajstić information content (AvgIpc) is 2.30. The molecule has 1 unspecified atom stereocenters. The summed E-state index contributed by atoms with van der Waals surface area (Å²) < 4.78 is 0. The Bertz CT molecular complexity index is 406. The lowest BCUT2D eigenvalue weighted by atomic mass is 10.2. The van der Waals surface area contributed by atoms with Crippen molar-refractivity contribution >= 4 is 17.6 Å². The van der Waals surface area contributed by atoms with Crippen LogP contribution in [-0.4, -0.2) is 46.8 Å². The maximum absolute atomic E-state index is 10.9. The van der Waals surface area contributed by atoms with Crippen LogP contribution in [0, 0.1) is 0 Å². The average molecular weight is 236 g/mol. The van der Waals surface area contributed by atoms with Crippen molar-refractivity contribution in [1.82, 2.24) is 9.88 Å². The van der Waals surface area contributed by atoms with Gasteiger partial charge in [-0.1, -0.05) is 0 Å². The van der Waals surface area contributed by atoms with Gasteiger partial charge in [-0.15, -0.1) is 0 Å². The molecule has 0 radical (unpaired) electrons. The van der Waals surface area contributed by atoms with E-state index in [2.05, 4.69) is 9.88 Å². The molecule has 2 heterocycles. The Hall–Kier alpha value is -1.98. The molecule has 1 amide bonds. The Kier molecular flexibility index (Phi) is 3.03. The zero-order valence-electron chi connectivity index (χ0n) is 9.71. The van der Waals surface area contributed by atoms with E-state index in [1.165, 1.54) is 4.90 Å². The number of piperazine rings is 1. The number of nitrogens with two attached hydrogens (primary N) is 1. The quantitative estimate of drug-likeness (QED) is 0.755. The predicted molar refractivity (Wildman–Crippen MR) is 65.1 cm³/mol. The zero-order valence-corrected chi connectivity index (χ0v) is 9.71. The van der Waals surface area contributed by atoms with E-state index in [1.54, 1.807) is 12.3 Å². The molecule has 2 rings (SSSR count). The summed E-state index contributed by atoms with van der Waals surface area (Å²) in [6.45, 7) is 3.66. The second kappa shape index (κ2) is 4.48. The Morgan fingerprint density at radius 2 is 2.29 bits per heavy atom. The molecule has 0 aromatic carbocycles. The molecule has 1 aliphatic rings. The minimum absolute atomic E-state index is 0.121. The third kappa shape index (κ3) is 2.41. The van der Waals surface area contributed by atoms with Crippen molar-refractivity contribution in [2.45, 2.75) is 13.0 Å². The van der Waals surface area contributed by atoms with Crippen LogP contribution in [0.1, 0.15) is 6.92 Å². The third-order valence-electron chi connectivity index (χ3n) is 2.96. The second-order valence-electron chi connectivity index (χ2n) is 4.22. The molecule has 1 fully saturated rings. The topological polar surface area (TPSA) is 82.7 Å². The highest BCUT2D eigenvalue weighted by Crippen LogP contribution is 2.18. The van der Waals surface area contributed by atoms with Crippen LogP contribution >= 0.6 is 0 Å². The Labute approximate surface area is 99.7 Å². The van der Waals surface area contributed by atoms with Crippen LogP contribution in [0.25, 0.3) is 0 Å². The van der Waals surface area contributed by atoms with E-state index >= 15 is 0 Å². The lowest BCUT2D eigenvalue weighted by molar-refractivity contribution is 0.136. The Morgan fingerprint density at radius 1 is 1.53 bits per heavy atom. The molecule has 1 aromatic rings. The summed E-state index contributed by atoms with van der Waals surface area (Å²) in [5, 5.41) is 8.92. The van der Waals surface area contributed by atoms with Gasteiger partial charge >= 0.3 is 6.09 Å². The Balaban J connectivity index is 2.09. The van der Waals surface area contributed by atoms with E-state index in [-0.39, 0.29) is 6.04 Å². The van der Waals surface area contributed by atoms with Crippen molar-refractivity contribution < 1.29 is 9.90 Å². The largest absolute Gasteiger partial charge is 0.465 e. The second-order valence-corrected chi connectivity index (χ2v) is 4.22. The van der Waals surface area contributed by atoms with E-state index < -0.39 is 6.09 Å². The van der Waals surface area contributed by atoms with Gasteiger partial charge in [0.2, 0.25) is 0 Å². The van der Waals surface area contributed by atoms with Crippen molar-refractivity contribution in [3.05, 3.63) is 18.3 Å². The molecule has 0 bridgehead atoms. The first kappa shape index (κ1) is 11.5. The number of nitrogens with zero attached hydrogens (tertiary/aromatic N) is 3. The lowest BCUT2D eigenvalue weighted by Gasteiger charge is -2.39. The molecule has 6 heteroatoms. The van der Waals surface area contributed by atoms with Crippen LogP contribution in [-0.2, 0) is 0 Å². The van der Waals surface area contributed by atoms with E-state index in [1.807, 2.05) is 13.0 Å². The predicted octanol–water partition coefficient (Wildman–Crippen LogP) is 0.852. The van der Waals surface area contributed by atoms with Gasteiger partial charge in [-0.3, -0.25) is 0 Å². The van der Waals surface area contributed by atoms with Gasteiger partial charge in [-0.2, -0.15) is 0 Å². The summed E-state index contributed by atoms with van der Waals surface area (Å²) in [5.74, 6) is 0.844. The number of rotatable bonds is 1. The number of amides is 1. The van der Waals surface area contributed by atoms with Gasteiger partial charge in [-0.25, -0.2) is 9.78 Å². The van der Waals surface area contributed by atoms with E-state index in [0.717, 1.165) is 5.82 Å². The first-order valence-electron chi connectivity index (χ1n) is 5.54. The molecule has 1 aromatic heterocycles. The van der Waals surface area contributed by atoms with Gasteiger partial charge in [0.1, 0.15) is 5.82 Å². The van der Waals surface area contributed by atoms with Crippen LogP contribution in [0.5, 0.6) is 0 Å². The zero-order chi connectivity index (χ0) is 12.4. The maximum Gasteiger partial charge on any atom is 0.407 e. The molecular formula is C11H16N4O2. The molecule has 1 aliphatic heterocycles. The van der Waals surface area contributed by atoms with Crippen molar-refractivity contribution in [3.8, 4) is 0 Å². The van der Waals surface area contributed by atoms with Crippen molar-refractivity contribution in [1.29, 1.82) is 0 Å². The van der Waals surface area contributed by atoms with Crippen molar-refractivity contribution in [2.75, 3.05) is 30.3 Å². The smallest absolute Gasteiger partial charge is 0.407 e. The van der Waals surface area contributed by atoms with Gasteiger partial charge in [-0.05, 0) is 19.1 Å². The monoisotopic (exact) mass is 236 g/mol. The molecule has 17 heavy (non-hydrogen) atoms. The van der Waals surface area contributed by atoms with E-state index in [0.29, 0.717) is 25.3 Å². The summed E-state index contributed by atoms with van der Waals surface area (Å²) in [7, 11) is 0. The molecule has 0 spiro atoms. The van der Waals surface area contributed by atoms with E-state index in [9.17, 15) is 4.79 Å². The maximum atomic E-state index is 10.9. The number of anilines is 2. The summed E-state index contributed by atoms with van der Waals surface area (Å²) in [6, 6.07) is 3.79. The van der Waals surface area contributed by atoms with Crippen LogP contribution in [0.4, 0.5) is 16.3 Å². The number of carbonyl (C=O) groups is 1. The molecule has 3 N–H and O–H groups in total. The fraction of sp³-hybridized carbons (Fsp3) is 0.455. The summed E-state index contributed by atoms with van der Waals surface area (Å²) in [6.07, 6.45) is 0.757. The lowest BCUT2D eigenvalue weighted by Crippen LogP contribution is -2.53. The molecule has 1 saturated heterocycles. The molecule has 92 valence electrons. The van der Waals surface area contributed by atoms with E-state index in [4.69, 9.17) is 10.8 Å². The molecular weight excluding hydrogens is 220 g/mol. The van der Waals surface area contributed by atoms with Gasteiger partial charge in [0, 0.05) is 25.7 Å². The number of carboxylic acid groups (broad SMARTS) is 1. The molecule has 0 saturated carbocycles. The van der Waals surface area contributed by atoms with Gasteiger partial charge in [0.05, 0.1) is 11.9 Å². The Morgan fingerprint density at radius 3 is 2.82 bits per heavy atom. The summed E-state index contributed by atoms with van der Waals surface area (Å²) >= 11 is 0. The minimum atomic E-state index is -0.859. The third-order valence-corrected chi connectivity index (χ3v) is 2.96. The summed E-state index contributed by atoms with van der Waals surface area (Å²) in [5.41, 5.74) is 6.22. The summed E-state index contributed by atoms with van der Waals surface area (Å²) in [4.78, 5) is 18.6. The molecule has 6 nitrogen and oxygen atoms in total. The number of hydrogen-bond donors (Lipinski definition) is 2. The fourth-order valence-electron chi connectivity index (χ4n) is 2.04. The number of pyridine rings is 1. The SMILES string of the molecule is CC1CN(C(=O)O)CCN1c1ccc(N)cn1. The number of nitrogen functional groups attached to an aromatic ring is 1. The number of aromatic nitrogens is 1. The fourth-order valence-corrected chi connectivity index (χ4v) is 2.04. The first-order valence-corrected chi connectivity index (χ1v) is 5.54. The minimum Gasteiger partial charge on any atom is -0.465 e. The van der Waals surface area contributed by atoms with Crippen LogP contribution in [0.15, 0.2) is 18.3 Å². The van der Waals surface area contributed by atoms with Crippen LogP contribution in [0.2, 0.25) is 0 Å². The van der Waals surface area contributed by atoms with Gasteiger partial charge in [0.25, 0.3) is 0 Å². The van der Waals surface area contributed by atoms with Crippen molar-refractivity contribution in [3.63, 3.8) is 0 Å². The van der Waals surface area contributed by atoms with Crippen LogP contribution < -0.4 is 10.6 Å². The highest BCUT2D eigenvalue weighted by molar-refractivity contribution is 5.65. The van der Waals surface area contributed by atoms with Gasteiger partial charge in [0.15, 0.2) is 0 Å². The van der Waals surface area contributed by atoms with Crippen molar-refractivity contribution in [2.24, 2.45) is 0 Å². The highest BCUT2D eigenvalue weighted by atomic mass is 16.4. The molecule has 1 atom stereocenters.